The summed E-state index contributed by atoms with van der Waals surface area (Å²) in [6.07, 6.45) is 1.31. The third-order valence-electron chi connectivity index (χ3n) is 3.81. The summed E-state index contributed by atoms with van der Waals surface area (Å²) in [7, 11) is -0.545. The number of nitrogens with zero attached hydrogens (tertiary/aromatic N) is 2. The Bertz CT molecular complexity index is 823. The second-order valence-electron chi connectivity index (χ2n) is 6.02. The first-order valence-corrected chi connectivity index (χ1v) is 10.6. The highest BCUT2D eigenvalue weighted by molar-refractivity contribution is 7.99. The molecule has 0 unspecified atom stereocenters. The lowest BCUT2D eigenvalue weighted by Gasteiger charge is -2.13. The summed E-state index contributed by atoms with van der Waals surface area (Å²) in [6.45, 7) is 2.63. The van der Waals surface area contributed by atoms with Crippen molar-refractivity contribution in [2.45, 2.75) is 22.8 Å². The van der Waals surface area contributed by atoms with Gasteiger partial charge in [-0.1, -0.05) is 49.0 Å². The van der Waals surface area contributed by atoms with Crippen LogP contribution in [0.1, 0.15) is 18.4 Å². The summed E-state index contributed by atoms with van der Waals surface area (Å²) in [4.78, 5) is 16.3. The van der Waals surface area contributed by atoms with Crippen molar-refractivity contribution in [1.82, 2.24) is 14.6 Å². The zero-order chi connectivity index (χ0) is 19.2. The summed E-state index contributed by atoms with van der Waals surface area (Å²) >= 11 is 1.27. The third-order valence-corrected chi connectivity index (χ3v) is 6.56. The highest BCUT2D eigenvalue weighted by Crippen LogP contribution is 2.19. The van der Waals surface area contributed by atoms with Crippen LogP contribution in [0.15, 0.2) is 58.6 Å². The van der Waals surface area contributed by atoms with Crippen molar-refractivity contribution in [2.24, 2.45) is 0 Å². The smallest absolute Gasteiger partial charge is 0.244 e. The summed E-state index contributed by atoms with van der Waals surface area (Å²) in [6, 6.07) is 13.1. The van der Waals surface area contributed by atoms with Gasteiger partial charge in [0.05, 0.1) is 10.8 Å². The van der Waals surface area contributed by atoms with E-state index in [1.54, 1.807) is 6.07 Å². The average molecular weight is 394 g/mol. The normalized spacial score (nSPS) is 12.8. The van der Waals surface area contributed by atoms with Crippen molar-refractivity contribution < 1.29 is 13.2 Å². The average Bonchev–Trinajstić information content (AvgIpc) is 2.65. The molecule has 1 amide bonds. The van der Waals surface area contributed by atoms with Crippen LogP contribution in [0.3, 0.4) is 0 Å². The quantitative estimate of drug-likeness (QED) is 0.697. The van der Waals surface area contributed by atoms with Gasteiger partial charge in [-0.15, -0.1) is 0 Å². The van der Waals surface area contributed by atoms with Crippen LogP contribution in [-0.4, -0.2) is 50.0 Å². The van der Waals surface area contributed by atoms with Crippen molar-refractivity contribution in [3.05, 3.63) is 54.2 Å². The molecule has 0 saturated heterocycles. The molecule has 0 fully saturated rings. The van der Waals surface area contributed by atoms with E-state index in [9.17, 15) is 13.2 Å². The number of nitrogens with one attached hydrogen (secondary N) is 1. The van der Waals surface area contributed by atoms with Crippen LogP contribution in [0.25, 0.3) is 0 Å². The van der Waals surface area contributed by atoms with Crippen LogP contribution < -0.4 is 5.32 Å². The van der Waals surface area contributed by atoms with Crippen LogP contribution in [-0.2, 0) is 14.8 Å². The Morgan fingerprint density at radius 1 is 1.19 bits per heavy atom. The van der Waals surface area contributed by atoms with Crippen molar-refractivity contribution in [1.29, 1.82) is 0 Å². The second-order valence-corrected chi connectivity index (χ2v) is 9.17. The maximum Gasteiger partial charge on any atom is 0.244 e. The molecule has 1 N–H and O–H groups in total. The molecule has 1 aromatic carbocycles. The number of carbonyl (C=O) groups excluding carboxylic acids is 1. The van der Waals surface area contributed by atoms with E-state index in [1.807, 2.05) is 30.3 Å². The largest absolute Gasteiger partial charge is 0.355 e. The minimum atomic E-state index is -3.49. The zero-order valence-electron chi connectivity index (χ0n) is 15.0. The second kappa shape index (κ2) is 9.16. The van der Waals surface area contributed by atoms with E-state index in [0.29, 0.717) is 11.6 Å². The van der Waals surface area contributed by atoms with E-state index in [-0.39, 0.29) is 22.5 Å². The first-order valence-electron chi connectivity index (χ1n) is 8.13. The maximum absolute atomic E-state index is 12.0. The number of carbonyl (C=O) groups is 1. The summed E-state index contributed by atoms with van der Waals surface area (Å²) < 4.78 is 25.1. The number of sulfonamides is 1. The molecule has 0 bridgehead atoms. The van der Waals surface area contributed by atoms with Crippen LogP contribution in [0.5, 0.6) is 0 Å². The molecule has 2 rings (SSSR count). The molecule has 1 atom stereocenters. The van der Waals surface area contributed by atoms with Gasteiger partial charge in [0.2, 0.25) is 15.9 Å². The van der Waals surface area contributed by atoms with Gasteiger partial charge in [-0.05, 0) is 23.6 Å². The molecule has 1 heterocycles. The first-order chi connectivity index (χ1) is 12.3. The predicted octanol–water partition coefficient (Wildman–Crippen LogP) is 2.34. The lowest BCUT2D eigenvalue weighted by atomic mass is 10.0. The van der Waals surface area contributed by atoms with Crippen LogP contribution >= 0.6 is 11.8 Å². The molecule has 6 nitrogen and oxygen atoms in total. The molecular weight excluding hydrogens is 370 g/mol. The highest BCUT2D eigenvalue weighted by Gasteiger charge is 2.17. The minimum Gasteiger partial charge on any atom is -0.355 e. The van der Waals surface area contributed by atoms with Crippen molar-refractivity contribution in [3.63, 3.8) is 0 Å². The Kier molecular flexibility index (Phi) is 7.19. The molecule has 0 radical (unpaired) electrons. The fourth-order valence-electron chi connectivity index (χ4n) is 2.17. The van der Waals surface area contributed by atoms with E-state index < -0.39 is 10.0 Å². The molecule has 2 aromatic rings. The zero-order valence-corrected chi connectivity index (χ0v) is 16.7. The summed E-state index contributed by atoms with van der Waals surface area (Å²) in [5, 5.41) is 3.52. The van der Waals surface area contributed by atoms with Crippen molar-refractivity contribution >= 4 is 27.7 Å². The van der Waals surface area contributed by atoms with Crippen molar-refractivity contribution in [3.8, 4) is 0 Å². The molecule has 8 heteroatoms. The van der Waals surface area contributed by atoms with E-state index >= 15 is 0 Å². The molecule has 0 aliphatic carbocycles. The lowest BCUT2D eigenvalue weighted by molar-refractivity contribution is -0.118. The Labute approximate surface area is 159 Å². The van der Waals surface area contributed by atoms with Gasteiger partial charge in [-0.2, -0.15) is 0 Å². The van der Waals surface area contributed by atoms with E-state index in [2.05, 4.69) is 17.2 Å². The number of hydrogen-bond donors (Lipinski definition) is 1. The summed E-state index contributed by atoms with van der Waals surface area (Å²) in [5.74, 6) is 0.386. The fourth-order valence-corrected chi connectivity index (χ4v) is 3.69. The third kappa shape index (κ3) is 5.55. The molecular formula is C18H23N3O3S2. The van der Waals surface area contributed by atoms with Crippen molar-refractivity contribution in [2.75, 3.05) is 26.4 Å². The Balaban J connectivity index is 1.82. The number of amides is 1. The van der Waals surface area contributed by atoms with E-state index in [1.165, 1.54) is 43.7 Å². The molecule has 0 saturated carbocycles. The van der Waals surface area contributed by atoms with Gasteiger partial charge in [0.15, 0.2) is 0 Å². The summed E-state index contributed by atoms with van der Waals surface area (Å²) in [5.41, 5.74) is 1.18. The van der Waals surface area contributed by atoms with Gasteiger partial charge in [0.25, 0.3) is 0 Å². The monoisotopic (exact) mass is 393 g/mol. The Morgan fingerprint density at radius 2 is 1.88 bits per heavy atom. The van der Waals surface area contributed by atoms with Gasteiger partial charge in [0, 0.05) is 26.8 Å². The number of hydrogen-bond acceptors (Lipinski definition) is 5. The van der Waals surface area contributed by atoms with Crippen LogP contribution in [0.4, 0.5) is 0 Å². The molecule has 0 aliphatic rings. The minimum absolute atomic E-state index is 0.0791. The first kappa shape index (κ1) is 20.4. The molecule has 140 valence electrons. The Morgan fingerprint density at radius 3 is 2.46 bits per heavy atom. The van der Waals surface area contributed by atoms with Gasteiger partial charge < -0.3 is 5.32 Å². The van der Waals surface area contributed by atoms with Gasteiger partial charge in [-0.25, -0.2) is 17.7 Å². The molecule has 26 heavy (non-hydrogen) atoms. The van der Waals surface area contributed by atoms with E-state index in [0.717, 1.165) is 4.31 Å². The molecule has 0 spiro atoms. The highest BCUT2D eigenvalue weighted by atomic mass is 32.2. The number of benzene rings is 1. The SMILES string of the molecule is C[C@H](CNC(=O)CSc1ccc(S(=O)(=O)N(C)C)cn1)c1ccccc1. The van der Waals surface area contributed by atoms with Crippen LogP contribution in [0.2, 0.25) is 0 Å². The van der Waals surface area contributed by atoms with E-state index in [4.69, 9.17) is 0 Å². The fraction of sp³-hybridized carbons (Fsp3) is 0.333. The molecule has 0 aliphatic heterocycles. The standard InChI is InChI=1S/C18H23N3O3S2/c1-14(15-7-5-4-6-8-15)11-19-17(22)13-25-18-10-9-16(12-20-18)26(23,24)21(2)3/h4-10,12,14H,11,13H2,1-3H3,(H,19,22)/t14-/m1/s1. The number of aromatic nitrogens is 1. The predicted molar refractivity (Wildman–Crippen MR) is 104 cm³/mol. The Hall–Kier alpha value is -1.90. The van der Waals surface area contributed by atoms with Gasteiger partial charge in [-0.3, -0.25) is 4.79 Å². The van der Waals surface area contributed by atoms with Gasteiger partial charge >= 0.3 is 0 Å². The lowest BCUT2D eigenvalue weighted by Crippen LogP contribution is -2.29. The number of rotatable bonds is 8. The van der Waals surface area contributed by atoms with Gasteiger partial charge in [0.1, 0.15) is 4.90 Å². The number of pyridine rings is 1. The maximum atomic E-state index is 12.0. The van der Waals surface area contributed by atoms with Crippen LogP contribution in [0, 0.1) is 0 Å². The number of thioether (sulfide) groups is 1. The topological polar surface area (TPSA) is 79.4 Å². The molecule has 1 aromatic heterocycles.